The second kappa shape index (κ2) is 10.7. The third kappa shape index (κ3) is 5.28. The molecule has 0 bridgehead atoms. The van der Waals surface area contributed by atoms with Crippen LogP contribution in [0.25, 0.3) is 22.3 Å². The van der Waals surface area contributed by atoms with Gasteiger partial charge in [-0.1, -0.05) is 54.6 Å². The van der Waals surface area contributed by atoms with Crippen LogP contribution in [0.5, 0.6) is 0 Å². The van der Waals surface area contributed by atoms with Gasteiger partial charge in [-0.2, -0.15) is 0 Å². The van der Waals surface area contributed by atoms with Crippen LogP contribution < -0.4 is 5.32 Å². The number of nitrogens with zero attached hydrogens (tertiary/aromatic N) is 2. The van der Waals surface area contributed by atoms with Crippen LogP contribution in [0, 0.1) is 0 Å². The zero-order chi connectivity index (χ0) is 24.9. The first-order valence-electron chi connectivity index (χ1n) is 12.5. The Hall–Kier alpha value is -4.06. The maximum atomic E-state index is 13.2. The number of carbonyl (C=O) groups is 2. The molecule has 1 heterocycles. The highest BCUT2D eigenvalue weighted by Crippen LogP contribution is 2.30. The van der Waals surface area contributed by atoms with Gasteiger partial charge in [0.2, 0.25) is 0 Å². The van der Waals surface area contributed by atoms with E-state index in [0.29, 0.717) is 30.3 Å². The summed E-state index contributed by atoms with van der Waals surface area (Å²) in [5.74, 6) is -0.908. The molecular weight excluding hydrogens is 450 g/mol. The maximum absolute atomic E-state index is 13.2. The Bertz CT molecular complexity index is 1400. The highest BCUT2D eigenvalue weighted by Gasteiger charge is 2.22. The minimum atomic E-state index is -0.792. The monoisotopic (exact) mass is 479 g/mol. The van der Waals surface area contributed by atoms with Crippen LogP contribution in [0.3, 0.4) is 0 Å². The number of unbranched alkanes of at least 4 members (excludes halogenated alkanes) is 1. The van der Waals surface area contributed by atoms with Crippen molar-refractivity contribution in [1.29, 1.82) is 0 Å². The lowest BCUT2D eigenvalue weighted by atomic mass is 9.87. The summed E-state index contributed by atoms with van der Waals surface area (Å²) >= 11 is 0. The van der Waals surface area contributed by atoms with E-state index in [9.17, 15) is 9.59 Å². The van der Waals surface area contributed by atoms with E-state index in [2.05, 4.69) is 17.4 Å². The first-order chi connectivity index (χ1) is 17.6. The summed E-state index contributed by atoms with van der Waals surface area (Å²) in [6, 6.07) is 23.7. The lowest BCUT2D eigenvalue weighted by molar-refractivity contribution is -0.137. The van der Waals surface area contributed by atoms with Crippen LogP contribution >= 0.6 is 0 Å². The third-order valence-corrected chi connectivity index (χ3v) is 6.77. The van der Waals surface area contributed by atoms with Gasteiger partial charge in [-0.15, -0.1) is 0 Å². The van der Waals surface area contributed by atoms with E-state index in [4.69, 9.17) is 15.1 Å². The molecule has 182 valence electrons. The summed E-state index contributed by atoms with van der Waals surface area (Å²) in [7, 11) is 0. The Balaban J connectivity index is 1.42. The van der Waals surface area contributed by atoms with Gasteiger partial charge in [-0.3, -0.25) is 9.59 Å². The Morgan fingerprint density at radius 1 is 0.917 bits per heavy atom. The first-order valence-corrected chi connectivity index (χ1v) is 12.5. The van der Waals surface area contributed by atoms with Gasteiger partial charge < -0.3 is 10.4 Å². The number of hydrogen-bond acceptors (Lipinski definition) is 4. The van der Waals surface area contributed by atoms with Gasteiger partial charge in [-0.05, 0) is 67.9 Å². The maximum Gasteiger partial charge on any atom is 0.303 e. The van der Waals surface area contributed by atoms with E-state index in [-0.39, 0.29) is 18.4 Å². The number of carbonyl (C=O) groups excluding carboxylic acids is 1. The molecular formula is C30H29N3O3. The molecule has 0 fully saturated rings. The number of nitrogens with one attached hydrogen (secondary N) is 1. The molecule has 0 saturated heterocycles. The molecule has 3 aromatic carbocycles. The average Bonchev–Trinajstić information content (AvgIpc) is 2.91. The Kier molecular flexibility index (Phi) is 7.03. The van der Waals surface area contributed by atoms with Crippen LogP contribution in [-0.4, -0.2) is 27.0 Å². The third-order valence-electron chi connectivity index (χ3n) is 6.77. The molecule has 2 N–H and O–H groups in total. The van der Waals surface area contributed by atoms with E-state index < -0.39 is 5.97 Å². The van der Waals surface area contributed by atoms with Gasteiger partial charge in [0.05, 0.1) is 28.5 Å². The predicted molar refractivity (Wildman–Crippen MR) is 140 cm³/mol. The van der Waals surface area contributed by atoms with Crippen molar-refractivity contribution in [2.75, 3.05) is 0 Å². The first kappa shape index (κ1) is 23.7. The predicted octanol–water partition coefficient (Wildman–Crippen LogP) is 5.90. The van der Waals surface area contributed by atoms with Crippen molar-refractivity contribution in [2.24, 2.45) is 0 Å². The van der Waals surface area contributed by atoms with Crippen molar-refractivity contribution in [1.82, 2.24) is 15.3 Å². The van der Waals surface area contributed by atoms with Crippen molar-refractivity contribution in [2.45, 2.75) is 51.0 Å². The van der Waals surface area contributed by atoms with Crippen molar-refractivity contribution in [3.63, 3.8) is 0 Å². The number of carboxylic acid groups (broad SMARTS) is 1. The number of aryl methyl sites for hydroxylation is 2. The summed E-state index contributed by atoms with van der Waals surface area (Å²) in [6.07, 6.45) is 5.07. The number of aliphatic carboxylic acids is 1. The summed E-state index contributed by atoms with van der Waals surface area (Å²) in [5, 5.41) is 12.2. The van der Waals surface area contributed by atoms with Gasteiger partial charge in [0.25, 0.3) is 5.91 Å². The number of hydrogen-bond donors (Lipinski definition) is 2. The molecule has 1 aliphatic rings. The molecule has 0 aliphatic heterocycles. The van der Waals surface area contributed by atoms with Crippen LogP contribution in [-0.2, 0) is 17.6 Å². The zero-order valence-corrected chi connectivity index (χ0v) is 20.1. The average molecular weight is 480 g/mol. The van der Waals surface area contributed by atoms with E-state index in [1.807, 2.05) is 60.7 Å². The van der Waals surface area contributed by atoms with Crippen molar-refractivity contribution >= 4 is 22.9 Å². The fraction of sp³-hybridized carbons (Fsp3) is 0.267. The summed E-state index contributed by atoms with van der Waals surface area (Å²) < 4.78 is 0. The number of fused-ring (bicyclic) bond motifs is 2. The molecule has 1 unspecified atom stereocenters. The van der Waals surface area contributed by atoms with E-state index in [0.717, 1.165) is 41.7 Å². The summed E-state index contributed by atoms with van der Waals surface area (Å²) in [4.78, 5) is 33.9. The smallest absolute Gasteiger partial charge is 0.303 e. The quantitative estimate of drug-likeness (QED) is 0.307. The van der Waals surface area contributed by atoms with Crippen LogP contribution in [0.15, 0.2) is 72.8 Å². The molecule has 6 heteroatoms. The largest absolute Gasteiger partial charge is 0.481 e. The molecule has 1 atom stereocenters. The molecule has 0 radical (unpaired) electrons. The van der Waals surface area contributed by atoms with Crippen LogP contribution in [0.2, 0.25) is 0 Å². The standard InChI is InChI=1S/C30H29N3O3/c34-28(35)16-7-6-14-26-29(21-10-2-1-3-11-21)32-25-18-17-22(19-27(25)31-26)30(36)33-24-15-8-12-20-9-4-5-13-23(20)24/h1-5,9-11,13,17-19,24H,6-8,12,14-16H2,(H,33,36)(H,34,35). The Morgan fingerprint density at radius 2 is 1.72 bits per heavy atom. The van der Waals surface area contributed by atoms with Crippen molar-refractivity contribution < 1.29 is 14.7 Å². The highest BCUT2D eigenvalue weighted by molar-refractivity contribution is 5.97. The second-order valence-electron chi connectivity index (χ2n) is 9.31. The molecule has 4 aromatic rings. The number of aromatic nitrogens is 2. The van der Waals surface area contributed by atoms with Gasteiger partial charge >= 0.3 is 5.97 Å². The number of amides is 1. The van der Waals surface area contributed by atoms with Gasteiger partial charge in [0.15, 0.2) is 0 Å². The molecule has 36 heavy (non-hydrogen) atoms. The van der Waals surface area contributed by atoms with Gasteiger partial charge in [0, 0.05) is 17.5 Å². The number of rotatable bonds is 8. The minimum Gasteiger partial charge on any atom is -0.481 e. The van der Waals surface area contributed by atoms with Gasteiger partial charge in [0.1, 0.15) is 0 Å². The normalized spacial score (nSPS) is 14.8. The lowest BCUT2D eigenvalue weighted by Crippen LogP contribution is -2.31. The molecule has 0 saturated carbocycles. The molecule has 6 nitrogen and oxygen atoms in total. The van der Waals surface area contributed by atoms with E-state index in [1.165, 1.54) is 11.1 Å². The number of benzene rings is 3. The fourth-order valence-corrected chi connectivity index (χ4v) is 4.95. The number of carboxylic acids is 1. The van der Waals surface area contributed by atoms with Crippen LogP contribution in [0.4, 0.5) is 0 Å². The van der Waals surface area contributed by atoms with Crippen molar-refractivity contribution in [3.8, 4) is 11.3 Å². The van der Waals surface area contributed by atoms with E-state index >= 15 is 0 Å². The summed E-state index contributed by atoms with van der Waals surface area (Å²) in [6.45, 7) is 0. The van der Waals surface area contributed by atoms with Gasteiger partial charge in [-0.25, -0.2) is 9.97 Å². The molecule has 1 amide bonds. The molecule has 0 spiro atoms. The SMILES string of the molecule is O=C(O)CCCCc1nc2cc(C(=O)NC3CCCc4ccccc43)ccc2nc1-c1ccccc1. The zero-order valence-electron chi connectivity index (χ0n) is 20.1. The molecule has 1 aromatic heterocycles. The van der Waals surface area contributed by atoms with E-state index in [1.54, 1.807) is 0 Å². The highest BCUT2D eigenvalue weighted by atomic mass is 16.4. The Morgan fingerprint density at radius 3 is 2.56 bits per heavy atom. The molecule has 5 rings (SSSR count). The topological polar surface area (TPSA) is 92.2 Å². The Labute approximate surface area is 210 Å². The lowest BCUT2D eigenvalue weighted by Gasteiger charge is -2.26. The second-order valence-corrected chi connectivity index (χ2v) is 9.31. The van der Waals surface area contributed by atoms with Crippen LogP contribution in [0.1, 0.15) is 65.3 Å². The summed E-state index contributed by atoms with van der Waals surface area (Å²) in [5.41, 5.74) is 7.05. The molecule has 1 aliphatic carbocycles. The minimum absolute atomic E-state index is 0.00878. The van der Waals surface area contributed by atoms with Crippen molar-refractivity contribution in [3.05, 3.63) is 95.2 Å². The fourth-order valence-electron chi connectivity index (χ4n) is 4.95.